The minimum absolute atomic E-state index is 0.143. The number of hydrogen-bond acceptors (Lipinski definition) is 3. The Balaban J connectivity index is 2.66. The maximum atomic E-state index is 13.9. The van der Waals surface area contributed by atoms with E-state index in [2.05, 4.69) is 25.1 Å². The molecule has 0 saturated heterocycles. The van der Waals surface area contributed by atoms with Crippen LogP contribution in [-0.4, -0.2) is 24.0 Å². The van der Waals surface area contributed by atoms with Gasteiger partial charge in [0.2, 0.25) is 0 Å². The summed E-state index contributed by atoms with van der Waals surface area (Å²) >= 11 is 0. The Morgan fingerprint density at radius 3 is 2.67 bits per heavy atom. The molecule has 1 N–H and O–H groups in total. The van der Waals surface area contributed by atoms with Gasteiger partial charge in [0.1, 0.15) is 5.82 Å². The molecular weight excluding hydrogens is 231 g/mol. The lowest BCUT2D eigenvalue weighted by Crippen LogP contribution is -2.42. The minimum Gasteiger partial charge on any atom is -0.411 e. The van der Waals surface area contributed by atoms with Gasteiger partial charge < -0.3 is 10.1 Å². The normalized spacial score (nSPS) is 17.8. The van der Waals surface area contributed by atoms with Crippen molar-refractivity contribution in [2.24, 2.45) is 5.16 Å². The summed E-state index contributed by atoms with van der Waals surface area (Å²) in [6.45, 7) is 6.17. The second kappa shape index (κ2) is 4.12. The molecule has 0 aliphatic carbocycles. The Morgan fingerprint density at radius 1 is 1.39 bits per heavy atom. The number of likely N-dealkylation sites (N-methyl/N-ethyl adjacent to an activating group) is 1. The summed E-state index contributed by atoms with van der Waals surface area (Å²) in [6, 6.07) is 3.20. The highest BCUT2D eigenvalue weighted by atomic mass is 19.1. The Hall–Kier alpha value is -1.84. The van der Waals surface area contributed by atoms with Crippen LogP contribution in [0.5, 0.6) is 0 Å². The van der Waals surface area contributed by atoms with Gasteiger partial charge in [0.05, 0.1) is 11.8 Å². The predicted molar refractivity (Wildman–Crippen MR) is 71.9 cm³/mol. The summed E-state index contributed by atoms with van der Waals surface area (Å²) in [6.07, 6.45) is 3.26. The maximum Gasteiger partial charge on any atom is 0.134 e. The molecule has 0 atom stereocenters. The lowest BCUT2D eigenvalue weighted by Gasteiger charge is -2.40. The van der Waals surface area contributed by atoms with Crippen molar-refractivity contribution in [3.63, 3.8) is 0 Å². The van der Waals surface area contributed by atoms with E-state index in [1.165, 1.54) is 6.07 Å². The van der Waals surface area contributed by atoms with Gasteiger partial charge in [0, 0.05) is 23.9 Å². The van der Waals surface area contributed by atoms with E-state index in [-0.39, 0.29) is 16.9 Å². The van der Waals surface area contributed by atoms with Gasteiger partial charge in [0.15, 0.2) is 0 Å². The molecular formula is C14H17FN2O. The van der Waals surface area contributed by atoms with E-state index in [0.29, 0.717) is 0 Å². The first kappa shape index (κ1) is 12.6. The quantitative estimate of drug-likeness (QED) is 0.470. The highest BCUT2D eigenvalue weighted by Crippen LogP contribution is 2.38. The van der Waals surface area contributed by atoms with Crippen LogP contribution < -0.4 is 4.90 Å². The van der Waals surface area contributed by atoms with Gasteiger partial charge in [-0.25, -0.2) is 4.39 Å². The van der Waals surface area contributed by atoms with Crippen molar-refractivity contribution < 1.29 is 9.60 Å². The Labute approximate surface area is 106 Å². The molecule has 0 amide bonds. The molecule has 0 unspecified atom stereocenters. The van der Waals surface area contributed by atoms with E-state index < -0.39 is 0 Å². The molecule has 0 aromatic heterocycles. The summed E-state index contributed by atoms with van der Waals surface area (Å²) in [5.74, 6) is -0.385. The van der Waals surface area contributed by atoms with Crippen molar-refractivity contribution >= 4 is 17.5 Å². The molecule has 2 rings (SSSR count). The van der Waals surface area contributed by atoms with Crippen LogP contribution in [0.4, 0.5) is 10.1 Å². The average molecular weight is 248 g/mol. The Kier molecular flexibility index (Phi) is 2.89. The zero-order chi connectivity index (χ0) is 13.5. The highest BCUT2D eigenvalue weighted by Gasteiger charge is 2.29. The van der Waals surface area contributed by atoms with Crippen LogP contribution in [0.3, 0.4) is 0 Å². The third-order valence-corrected chi connectivity index (χ3v) is 3.53. The fourth-order valence-corrected chi connectivity index (χ4v) is 2.35. The summed E-state index contributed by atoms with van der Waals surface area (Å²) in [5.41, 5.74) is 3.06. The van der Waals surface area contributed by atoms with Crippen LogP contribution in [0, 0.1) is 5.82 Å². The van der Waals surface area contributed by atoms with Crippen molar-refractivity contribution in [1.29, 1.82) is 0 Å². The maximum absolute atomic E-state index is 13.9. The van der Waals surface area contributed by atoms with Crippen molar-refractivity contribution in [1.82, 2.24) is 0 Å². The zero-order valence-electron chi connectivity index (χ0n) is 11.0. The predicted octanol–water partition coefficient (Wildman–Crippen LogP) is 3.27. The van der Waals surface area contributed by atoms with Gasteiger partial charge in [0.25, 0.3) is 0 Å². The van der Waals surface area contributed by atoms with Gasteiger partial charge >= 0.3 is 0 Å². The molecule has 1 aromatic rings. The van der Waals surface area contributed by atoms with Crippen molar-refractivity contribution in [3.05, 3.63) is 35.2 Å². The van der Waals surface area contributed by atoms with E-state index in [1.54, 1.807) is 6.07 Å². The third-order valence-electron chi connectivity index (χ3n) is 3.53. The van der Waals surface area contributed by atoms with Gasteiger partial charge in [-0.15, -0.1) is 0 Å². The molecule has 0 bridgehead atoms. The molecule has 1 aliphatic heterocycles. The van der Waals surface area contributed by atoms with Crippen LogP contribution in [0.25, 0.3) is 5.57 Å². The fraction of sp³-hybridized carbons (Fsp3) is 0.357. The van der Waals surface area contributed by atoms with Crippen LogP contribution in [0.1, 0.15) is 31.9 Å². The second-order valence-corrected chi connectivity index (χ2v) is 5.18. The molecule has 3 nitrogen and oxygen atoms in total. The molecule has 1 heterocycles. The summed E-state index contributed by atoms with van der Waals surface area (Å²) in [7, 11) is 1.95. The molecule has 96 valence electrons. The van der Waals surface area contributed by atoms with Crippen LogP contribution in [0.2, 0.25) is 0 Å². The summed E-state index contributed by atoms with van der Waals surface area (Å²) in [5, 5.41) is 11.4. The van der Waals surface area contributed by atoms with Crippen molar-refractivity contribution in [2.75, 3.05) is 11.9 Å². The third kappa shape index (κ3) is 1.88. The van der Waals surface area contributed by atoms with Crippen LogP contribution >= 0.6 is 0 Å². The lowest BCUT2D eigenvalue weighted by atomic mass is 9.88. The molecule has 1 aromatic carbocycles. The molecule has 1 aliphatic rings. The first-order valence-electron chi connectivity index (χ1n) is 5.81. The summed E-state index contributed by atoms with van der Waals surface area (Å²) < 4.78 is 13.9. The van der Waals surface area contributed by atoms with Crippen molar-refractivity contribution in [2.45, 2.75) is 26.3 Å². The number of rotatable bonds is 1. The van der Waals surface area contributed by atoms with E-state index in [0.717, 1.165) is 23.0 Å². The molecule has 0 spiro atoms. The van der Waals surface area contributed by atoms with Gasteiger partial charge in [-0.05, 0) is 38.5 Å². The van der Waals surface area contributed by atoms with Gasteiger partial charge in [-0.3, -0.25) is 0 Å². The Bertz CT molecular complexity index is 547. The minimum atomic E-state index is -0.385. The molecule has 18 heavy (non-hydrogen) atoms. The average Bonchev–Trinajstić information content (AvgIpc) is 2.28. The molecule has 4 heteroatoms. The van der Waals surface area contributed by atoms with Crippen LogP contribution in [-0.2, 0) is 0 Å². The van der Waals surface area contributed by atoms with E-state index in [4.69, 9.17) is 5.21 Å². The first-order chi connectivity index (χ1) is 8.36. The lowest BCUT2D eigenvalue weighted by molar-refractivity contribution is 0.321. The number of hydrogen-bond donors (Lipinski definition) is 1. The fourth-order valence-electron chi connectivity index (χ4n) is 2.35. The van der Waals surface area contributed by atoms with Crippen molar-refractivity contribution in [3.8, 4) is 0 Å². The van der Waals surface area contributed by atoms with E-state index in [1.807, 2.05) is 18.9 Å². The zero-order valence-corrected chi connectivity index (χ0v) is 11.0. The number of allylic oxidation sites excluding steroid dienone is 1. The number of oxime groups is 1. The monoisotopic (exact) mass is 248 g/mol. The van der Waals surface area contributed by atoms with E-state index >= 15 is 0 Å². The SMILES string of the molecule is CC1=CC(C)(C)N(C)c2cc(F)c(C=NO)cc21. The van der Waals surface area contributed by atoms with E-state index in [9.17, 15) is 4.39 Å². The number of benzene rings is 1. The summed E-state index contributed by atoms with van der Waals surface area (Å²) in [4.78, 5) is 2.04. The second-order valence-electron chi connectivity index (χ2n) is 5.18. The smallest absolute Gasteiger partial charge is 0.134 e. The molecule has 0 radical (unpaired) electrons. The topological polar surface area (TPSA) is 35.8 Å². The van der Waals surface area contributed by atoms with Gasteiger partial charge in [-0.2, -0.15) is 0 Å². The number of anilines is 1. The van der Waals surface area contributed by atoms with Crippen LogP contribution in [0.15, 0.2) is 23.4 Å². The number of fused-ring (bicyclic) bond motifs is 1. The largest absolute Gasteiger partial charge is 0.411 e. The molecule has 0 fully saturated rings. The highest BCUT2D eigenvalue weighted by molar-refractivity contribution is 5.87. The first-order valence-corrected chi connectivity index (χ1v) is 5.81. The molecule has 0 saturated carbocycles. The number of halogens is 1. The van der Waals surface area contributed by atoms with Gasteiger partial charge in [-0.1, -0.05) is 11.2 Å². The number of nitrogens with zero attached hydrogens (tertiary/aromatic N) is 2. The standard InChI is InChI=1S/C14H17FN2O/c1-9-7-14(2,3)17(4)13-6-12(15)10(8-16-18)5-11(9)13/h5-8,18H,1-4H3. The Morgan fingerprint density at radius 2 is 2.06 bits per heavy atom.